The van der Waals surface area contributed by atoms with Gasteiger partial charge < -0.3 is 19.5 Å². The molecule has 0 saturated carbocycles. The van der Waals surface area contributed by atoms with Gasteiger partial charge in [-0.3, -0.25) is 0 Å². The highest BCUT2D eigenvalue weighted by Gasteiger charge is 2.41. The third-order valence-electron chi connectivity index (χ3n) is 6.40. The number of aromatic nitrogens is 3. The van der Waals surface area contributed by atoms with E-state index in [0.29, 0.717) is 17.4 Å². The number of aryl methyl sites for hydroxylation is 1. The minimum atomic E-state index is -0.375. The molecule has 2 aliphatic rings. The maximum Gasteiger partial charge on any atom is 0.226 e. The highest BCUT2D eigenvalue weighted by atomic mass is 16.5. The van der Waals surface area contributed by atoms with Crippen LogP contribution in [-0.4, -0.2) is 29.0 Å². The fraction of sp³-hybridized carbons (Fsp3) is 0.185. The molecular weight excluding hydrogens is 428 g/mol. The van der Waals surface area contributed by atoms with Crippen LogP contribution in [-0.2, 0) is 0 Å². The van der Waals surface area contributed by atoms with Crippen molar-refractivity contribution < 1.29 is 14.2 Å². The molecule has 3 aromatic carbocycles. The maximum atomic E-state index is 6.70. The highest BCUT2D eigenvalue weighted by molar-refractivity contribution is 5.85. The Kier molecular flexibility index (Phi) is 4.76. The normalized spacial score (nSPS) is 18.2. The fourth-order valence-electron chi connectivity index (χ4n) is 4.83. The summed E-state index contributed by atoms with van der Waals surface area (Å²) in [5.74, 6) is 2.85. The van der Waals surface area contributed by atoms with E-state index in [-0.39, 0.29) is 12.1 Å². The first-order valence-corrected chi connectivity index (χ1v) is 11.1. The zero-order chi connectivity index (χ0) is 23.2. The molecule has 3 heterocycles. The molecule has 2 aliphatic heterocycles. The summed E-state index contributed by atoms with van der Waals surface area (Å²) in [6.45, 7) is 2.08. The lowest BCUT2D eigenvalue weighted by Gasteiger charge is -2.39. The largest absolute Gasteiger partial charge is 0.493 e. The van der Waals surface area contributed by atoms with Crippen molar-refractivity contribution >= 4 is 11.6 Å². The van der Waals surface area contributed by atoms with Gasteiger partial charge in [0.1, 0.15) is 24.2 Å². The molecule has 0 bridgehead atoms. The number of rotatable bonds is 4. The van der Waals surface area contributed by atoms with Crippen molar-refractivity contribution in [3.63, 3.8) is 0 Å². The van der Waals surface area contributed by atoms with Gasteiger partial charge in [0.15, 0.2) is 11.5 Å². The van der Waals surface area contributed by atoms with E-state index in [1.165, 1.54) is 0 Å². The molecule has 6 rings (SSSR count). The zero-order valence-electron chi connectivity index (χ0n) is 19.1. The predicted octanol–water partition coefficient (Wildman–Crippen LogP) is 5.16. The molecule has 7 heteroatoms. The van der Waals surface area contributed by atoms with Crippen LogP contribution in [0.4, 0.5) is 5.95 Å². The lowest BCUT2D eigenvalue weighted by molar-refractivity contribution is 0.222. The first kappa shape index (κ1) is 20.4. The van der Waals surface area contributed by atoms with E-state index < -0.39 is 0 Å². The van der Waals surface area contributed by atoms with Crippen molar-refractivity contribution in [3.8, 4) is 17.2 Å². The summed E-state index contributed by atoms with van der Waals surface area (Å²) >= 11 is 0. The quantitative estimate of drug-likeness (QED) is 0.461. The average Bonchev–Trinajstić information content (AvgIpc) is 3.35. The van der Waals surface area contributed by atoms with E-state index in [1.807, 2.05) is 47.1 Å². The summed E-state index contributed by atoms with van der Waals surface area (Å²) in [5.41, 5.74) is 6.30. The topological polar surface area (TPSA) is 70.4 Å². The summed E-state index contributed by atoms with van der Waals surface area (Å²) in [4.78, 5) is 4.50. The first-order valence-electron chi connectivity index (χ1n) is 11.1. The minimum Gasteiger partial charge on any atom is -0.493 e. The number of methoxy groups -OCH3 is 2. The Morgan fingerprint density at radius 2 is 1.74 bits per heavy atom. The third kappa shape index (κ3) is 3.12. The standard InChI is InChI=1S/C27H24N4O3/c1-16-9-11-20-19(13-16)24-23(26(34-20)18-10-12-21(32-2)22(14-18)33-3)25(17-7-5-4-6-8-17)31-27(30-24)28-15-29-31/h4-15,25-26H,1-3H3,(H,28,29,30)/t25-,26+/m1/s1. The van der Waals surface area contributed by atoms with Crippen molar-refractivity contribution in [2.24, 2.45) is 0 Å². The van der Waals surface area contributed by atoms with E-state index in [0.717, 1.165) is 39.3 Å². The molecule has 4 aromatic rings. The molecule has 0 amide bonds. The van der Waals surface area contributed by atoms with Crippen LogP contribution >= 0.6 is 0 Å². The monoisotopic (exact) mass is 452 g/mol. The van der Waals surface area contributed by atoms with Crippen molar-refractivity contribution in [1.29, 1.82) is 0 Å². The Bertz CT molecular complexity index is 1410. The van der Waals surface area contributed by atoms with Gasteiger partial charge in [-0.25, -0.2) is 4.68 Å². The van der Waals surface area contributed by atoms with E-state index in [1.54, 1.807) is 20.5 Å². The van der Waals surface area contributed by atoms with Gasteiger partial charge in [0, 0.05) is 16.7 Å². The predicted molar refractivity (Wildman–Crippen MR) is 129 cm³/mol. The number of hydrogen-bond acceptors (Lipinski definition) is 6. The van der Waals surface area contributed by atoms with E-state index in [9.17, 15) is 0 Å². The molecule has 7 nitrogen and oxygen atoms in total. The van der Waals surface area contributed by atoms with E-state index >= 15 is 0 Å². The SMILES string of the molecule is COc1ccc([C@@H]2Oc3ccc(C)cc3C3=C2[C@@H](c2ccccc2)n2ncnc2N3)cc1OC. The van der Waals surface area contributed by atoms with Gasteiger partial charge in [-0.05, 0) is 36.8 Å². The number of ether oxygens (including phenoxy) is 3. The molecule has 0 spiro atoms. The molecule has 2 atom stereocenters. The average molecular weight is 453 g/mol. The third-order valence-corrected chi connectivity index (χ3v) is 6.40. The summed E-state index contributed by atoms with van der Waals surface area (Å²) in [7, 11) is 3.28. The van der Waals surface area contributed by atoms with Crippen molar-refractivity contribution in [3.05, 3.63) is 101 Å². The number of nitrogens with zero attached hydrogens (tertiary/aromatic N) is 3. The molecular formula is C27H24N4O3. The molecule has 34 heavy (non-hydrogen) atoms. The van der Waals surface area contributed by atoms with Gasteiger partial charge >= 0.3 is 0 Å². The molecule has 0 aliphatic carbocycles. The van der Waals surface area contributed by atoms with Gasteiger partial charge in [0.25, 0.3) is 0 Å². The highest BCUT2D eigenvalue weighted by Crippen LogP contribution is 2.51. The summed E-state index contributed by atoms with van der Waals surface area (Å²) in [6, 6.07) is 22.3. The van der Waals surface area contributed by atoms with E-state index in [2.05, 4.69) is 46.6 Å². The van der Waals surface area contributed by atoms with Gasteiger partial charge in [0.05, 0.1) is 19.9 Å². The zero-order valence-corrected chi connectivity index (χ0v) is 19.1. The number of anilines is 1. The van der Waals surface area contributed by atoms with Crippen molar-refractivity contribution in [1.82, 2.24) is 14.8 Å². The van der Waals surface area contributed by atoms with Gasteiger partial charge in [0.2, 0.25) is 5.95 Å². The smallest absolute Gasteiger partial charge is 0.226 e. The van der Waals surface area contributed by atoms with Crippen molar-refractivity contribution in [2.45, 2.75) is 19.1 Å². The Morgan fingerprint density at radius 3 is 2.53 bits per heavy atom. The van der Waals surface area contributed by atoms with Crippen LogP contribution in [0.15, 0.2) is 78.6 Å². The number of nitrogens with one attached hydrogen (secondary N) is 1. The number of hydrogen-bond donors (Lipinski definition) is 1. The van der Waals surface area contributed by atoms with E-state index in [4.69, 9.17) is 14.2 Å². The summed E-state index contributed by atoms with van der Waals surface area (Å²) < 4.78 is 19.7. The molecule has 1 aromatic heterocycles. The fourth-order valence-corrected chi connectivity index (χ4v) is 4.83. The maximum absolute atomic E-state index is 6.70. The van der Waals surface area contributed by atoms with Crippen LogP contribution < -0.4 is 19.5 Å². The van der Waals surface area contributed by atoms with Crippen LogP contribution in [0, 0.1) is 6.92 Å². The molecule has 0 radical (unpaired) electrons. The number of fused-ring (bicyclic) bond motifs is 3. The molecule has 0 saturated heterocycles. The number of benzene rings is 3. The van der Waals surface area contributed by atoms with Gasteiger partial charge in [-0.2, -0.15) is 10.1 Å². The Hall–Kier alpha value is -4.26. The second-order valence-corrected chi connectivity index (χ2v) is 8.41. The Morgan fingerprint density at radius 1 is 0.912 bits per heavy atom. The molecule has 0 fully saturated rings. The van der Waals surface area contributed by atoms with Gasteiger partial charge in [-0.1, -0.05) is 48.0 Å². The molecule has 170 valence electrons. The molecule has 1 N–H and O–H groups in total. The molecule has 0 unspecified atom stereocenters. The van der Waals surface area contributed by atoms with Crippen LogP contribution in [0.5, 0.6) is 17.2 Å². The van der Waals surface area contributed by atoms with Crippen LogP contribution in [0.25, 0.3) is 5.70 Å². The summed E-state index contributed by atoms with van der Waals surface area (Å²) in [6.07, 6.45) is 1.21. The minimum absolute atomic E-state index is 0.193. The second-order valence-electron chi connectivity index (χ2n) is 8.41. The lowest BCUT2D eigenvalue weighted by atomic mass is 9.84. The Balaban J connectivity index is 1.62. The first-order chi connectivity index (χ1) is 16.7. The second kappa shape index (κ2) is 7.95. The van der Waals surface area contributed by atoms with Crippen LogP contribution in [0.1, 0.15) is 34.4 Å². The lowest BCUT2D eigenvalue weighted by Crippen LogP contribution is -2.32. The summed E-state index contributed by atoms with van der Waals surface area (Å²) in [5, 5.41) is 8.12. The van der Waals surface area contributed by atoms with Crippen molar-refractivity contribution in [2.75, 3.05) is 19.5 Å². The van der Waals surface area contributed by atoms with Gasteiger partial charge in [-0.15, -0.1) is 0 Å². The Labute approximate surface area is 197 Å². The van der Waals surface area contributed by atoms with Crippen LogP contribution in [0.3, 0.4) is 0 Å². The van der Waals surface area contributed by atoms with Crippen LogP contribution in [0.2, 0.25) is 0 Å².